The molecule has 0 heterocycles. The first-order chi connectivity index (χ1) is 10.4. The SMILES string of the molecule is CCCc1c(O)cc(/C=C/c2c(F)cc(F)cc2F)cc1O. The third kappa shape index (κ3) is 3.42. The van der Waals surface area contributed by atoms with Gasteiger partial charge in [0, 0.05) is 23.3 Å². The summed E-state index contributed by atoms with van der Waals surface area (Å²) in [6.45, 7) is 1.91. The van der Waals surface area contributed by atoms with Gasteiger partial charge in [0.25, 0.3) is 0 Å². The van der Waals surface area contributed by atoms with Gasteiger partial charge in [-0.1, -0.05) is 19.4 Å². The van der Waals surface area contributed by atoms with Crippen LogP contribution in [-0.4, -0.2) is 10.2 Å². The van der Waals surface area contributed by atoms with Gasteiger partial charge in [-0.3, -0.25) is 0 Å². The van der Waals surface area contributed by atoms with Crippen LogP contribution in [0.3, 0.4) is 0 Å². The van der Waals surface area contributed by atoms with E-state index in [9.17, 15) is 23.4 Å². The van der Waals surface area contributed by atoms with E-state index in [2.05, 4.69) is 0 Å². The van der Waals surface area contributed by atoms with Crippen molar-refractivity contribution in [3.05, 3.63) is 58.4 Å². The highest BCUT2D eigenvalue weighted by Crippen LogP contribution is 2.31. The Labute approximate surface area is 126 Å². The zero-order chi connectivity index (χ0) is 16.3. The van der Waals surface area contributed by atoms with E-state index in [1.54, 1.807) is 0 Å². The zero-order valence-electron chi connectivity index (χ0n) is 11.9. The van der Waals surface area contributed by atoms with Crippen molar-refractivity contribution >= 4 is 12.2 Å². The molecule has 22 heavy (non-hydrogen) atoms. The minimum Gasteiger partial charge on any atom is -0.508 e. The minimum atomic E-state index is -1.02. The maximum Gasteiger partial charge on any atom is 0.136 e. The first-order valence-corrected chi connectivity index (χ1v) is 6.79. The molecule has 116 valence electrons. The predicted molar refractivity (Wildman–Crippen MR) is 79.0 cm³/mol. The summed E-state index contributed by atoms with van der Waals surface area (Å²) in [6.07, 6.45) is 3.72. The number of aromatic hydroxyl groups is 2. The highest BCUT2D eigenvalue weighted by molar-refractivity contribution is 5.72. The van der Waals surface area contributed by atoms with E-state index in [1.807, 2.05) is 6.92 Å². The second-order valence-corrected chi connectivity index (χ2v) is 4.90. The lowest BCUT2D eigenvalue weighted by Gasteiger charge is -2.07. The molecule has 0 aliphatic heterocycles. The van der Waals surface area contributed by atoms with Gasteiger partial charge < -0.3 is 10.2 Å². The summed E-state index contributed by atoms with van der Waals surface area (Å²) in [7, 11) is 0. The Hall–Kier alpha value is -2.43. The van der Waals surface area contributed by atoms with Gasteiger partial charge >= 0.3 is 0 Å². The summed E-state index contributed by atoms with van der Waals surface area (Å²) in [5.41, 5.74) is 0.412. The van der Waals surface area contributed by atoms with Gasteiger partial charge in [0.2, 0.25) is 0 Å². The minimum absolute atomic E-state index is 0.0819. The summed E-state index contributed by atoms with van der Waals surface area (Å²) in [5.74, 6) is -3.20. The molecule has 0 aromatic heterocycles. The molecular weight excluding hydrogens is 293 g/mol. The van der Waals surface area contributed by atoms with E-state index in [-0.39, 0.29) is 11.5 Å². The molecule has 0 radical (unpaired) electrons. The molecule has 5 heteroatoms. The molecule has 0 bridgehead atoms. The van der Waals surface area contributed by atoms with Gasteiger partial charge in [0.1, 0.15) is 29.0 Å². The average Bonchev–Trinajstić information content (AvgIpc) is 2.41. The summed E-state index contributed by atoms with van der Waals surface area (Å²) >= 11 is 0. The van der Waals surface area contributed by atoms with Gasteiger partial charge in [-0.2, -0.15) is 0 Å². The van der Waals surface area contributed by atoms with Crippen LogP contribution in [0.15, 0.2) is 24.3 Å². The van der Waals surface area contributed by atoms with Crippen LogP contribution in [0.25, 0.3) is 12.2 Å². The number of halogens is 3. The van der Waals surface area contributed by atoms with Crippen molar-refractivity contribution in [2.24, 2.45) is 0 Å². The van der Waals surface area contributed by atoms with Crippen molar-refractivity contribution in [1.29, 1.82) is 0 Å². The van der Waals surface area contributed by atoms with Gasteiger partial charge in [-0.15, -0.1) is 0 Å². The normalized spacial score (nSPS) is 11.3. The average molecular weight is 308 g/mol. The molecule has 2 aromatic carbocycles. The Bertz CT molecular complexity index is 678. The van der Waals surface area contributed by atoms with Crippen LogP contribution in [0.2, 0.25) is 0 Å². The van der Waals surface area contributed by atoms with Crippen molar-refractivity contribution < 1.29 is 23.4 Å². The maximum absolute atomic E-state index is 13.5. The highest BCUT2D eigenvalue weighted by atomic mass is 19.1. The summed E-state index contributed by atoms with van der Waals surface area (Å²) < 4.78 is 39.8. The molecule has 2 nitrogen and oxygen atoms in total. The van der Waals surface area contributed by atoms with E-state index in [0.29, 0.717) is 29.7 Å². The van der Waals surface area contributed by atoms with Crippen molar-refractivity contribution in [2.45, 2.75) is 19.8 Å². The smallest absolute Gasteiger partial charge is 0.136 e. The van der Waals surface area contributed by atoms with Crippen LogP contribution in [-0.2, 0) is 6.42 Å². The van der Waals surface area contributed by atoms with E-state index >= 15 is 0 Å². The first kappa shape index (κ1) is 15.9. The lowest BCUT2D eigenvalue weighted by molar-refractivity contribution is 0.437. The number of hydrogen-bond acceptors (Lipinski definition) is 2. The van der Waals surface area contributed by atoms with Crippen LogP contribution in [0.1, 0.15) is 30.0 Å². The number of hydrogen-bond donors (Lipinski definition) is 2. The van der Waals surface area contributed by atoms with Crippen LogP contribution in [0, 0.1) is 17.5 Å². The second-order valence-electron chi connectivity index (χ2n) is 4.90. The molecule has 0 unspecified atom stereocenters. The molecule has 0 saturated carbocycles. The van der Waals surface area contributed by atoms with Gasteiger partial charge in [0.15, 0.2) is 0 Å². The Morgan fingerprint density at radius 3 is 1.95 bits per heavy atom. The van der Waals surface area contributed by atoms with Gasteiger partial charge in [0.05, 0.1) is 0 Å². The van der Waals surface area contributed by atoms with E-state index in [0.717, 1.165) is 12.5 Å². The Kier molecular flexibility index (Phi) is 4.75. The summed E-state index contributed by atoms with van der Waals surface area (Å²) in [4.78, 5) is 0. The number of rotatable bonds is 4. The van der Waals surface area contributed by atoms with E-state index in [1.165, 1.54) is 18.2 Å². The molecule has 0 spiro atoms. The summed E-state index contributed by atoms with van der Waals surface area (Å²) in [6, 6.07) is 3.95. The molecule has 2 aromatic rings. The van der Waals surface area contributed by atoms with Crippen molar-refractivity contribution in [3.63, 3.8) is 0 Å². The molecule has 0 atom stereocenters. The quantitative estimate of drug-likeness (QED) is 0.808. The molecule has 0 saturated heterocycles. The maximum atomic E-state index is 13.5. The topological polar surface area (TPSA) is 40.5 Å². The third-order valence-electron chi connectivity index (χ3n) is 3.21. The van der Waals surface area contributed by atoms with Crippen LogP contribution in [0.4, 0.5) is 13.2 Å². The van der Waals surface area contributed by atoms with Crippen LogP contribution < -0.4 is 0 Å². The molecule has 2 N–H and O–H groups in total. The highest BCUT2D eigenvalue weighted by Gasteiger charge is 2.10. The predicted octanol–water partition coefficient (Wildman–Crippen LogP) is 4.64. The molecule has 0 amide bonds. The Morgan fingerprint density at radius 2 is 1.45 bits per heavy atom. The molecular formula is C17H15F3O2. The lowest BCUT2D eigenvalue weighted by atomic mass is 10.0. The molecule has 0 aliphatic rings. The molecule has 2 rings (SSSR count). The van der Waals surface area contributed by atoms with E-state index in [4.69, 9.17) is 0 Å². The fraction of sp³-hybridized carbons (Fsp3) is 0.176. The Balaban J connectivity index is 2.35. The number of phenolic OH excluding ortho intramolecular Hbond substituents is 2. The number of benzene rings is 2. The van der Waals surface area contributed by atoms with Crippen molar-refractivity contribution in [2.75, 3.05) is 0 Å². The van der Waals surface area contributed by atoms with Gasteiger partial charge in [-0.05, 0) is 30.2 Å². The molecule has 0 fully saturated rings. The number of phenols is 2. The third-order valence-corrected chi connectivity index (χ3v) is 3.21. The van der Waals surface area contributed by atoms with Gasteiger partial charge in [-0.25, -0.2) is 13.2 Å². The Morgan fingerprint density at radius 1 is 0.909 bits per heavy atom. The lowest BCUT2D eigenvalue weighted by Crippen LogP contribution is -1.91. The first-order valence-electron chi connectivity index (χ1n) is 6.79. The standard InChI is InChI=1S/C17H15F3O2/c1-2-3-13-16(21)6-10(7-17(13)22)4-5-12-14(19)8-11(18)9-15(12)20/h4-9,21-22H,2-3H2,1H3/b5-4+. The largest absolute Gasteiger partial charge is 0.508 e. The fourth-order valence-electron chi connectivity index (χ4n) is 2.16. The van der Waals surface area contributed by atoms with Crippen molar-refractivity contribution in [3.8, 4) is 11.5 Å². The van der Waals surface area contributed by atoms with E-state index < -0.39 is 23.0 Å². The molecule has 0 aliphatic carbocycles. The second kappa shape index (κ2) is 6.56. The zero-order valence-corrected chi connectivity index (χ0v) is 11.9. The fourth-order valence-corrected chi connectivity index (χ4v) is 2.16. The van der Waals surface area contributed by atoms with Crippen LogP contribution >= 0.6 is 0 Å². The van der Waals surface area contributed by atoms with Crippen LogP contribution in [0.5, 0.6) is 11.5 Å². The van der Waals surface area contributed by atoms with Crippen molar-refractivity contribution in [1.82, 2.24) is 0 Å². The summed E-state index contributed by atoms with van der Waals surface area (Å²) in [5, 5.41) is 19.7. The monoisotopic (exact) mass is 308 g/mol.